The first-order valence-corrected chi connectivity index (χ1v) is 10.5. The molecular formula is C24H34N4O3. The molecule has 0 bridgehead atoms. The molecule has 0 unspecified atom stereocenters. The fraction of sp³-hybridized carbons (Fsp3) is 0.417. The van der Waals surface area contributed by atoms with Crippen LogP contribution in [-0.4, -0.2) is 37.8 Å². The fourth-order valence-corrected chi connectivity index (χ4v) is 2.68. The lowest BCUT2D eigenvalue weighted by Gasteiger charge is -2.20. The van der Waals surface area contributed by atoms with Crippen LogP contribution in [0.5, 0.6) is 0 Å². The van der Waals surface area contributed by atoms with Crippen molar-refractivity contribution in [3.63, 3.8) is 0 Å². The third-order valence-electron chi connectivity index (χ3n) is 4.17. The number of nitrogens with one attached hydrogen (secondary N) is 3. The quantitative estimate of drug-likeness (QED) is 0.324. The van der Waals surface area contributed by atoms with Gasteiger partial charge in [-0.25, -0.2) is 4.79 Å². The Hall–Kier alpha value is -3.06. The molecular weight excluding hydrogens is 392 g/mol. The topological polar surface area (TPSA) is 84.0 Å². The number of benzene rings is 2. The van der Waals surface area contributed by atoms with Crippen molar-refractivity contribution in [2.24, 2.45) is 4.99 Å². The summed E-state index contributed by atoms with van der Waals surface area (Å²) in [6.07, 6.45) is -0.426. The Bertz CT molecular complexity index is 815. The average molecular weight is 427 g/mol. The Morgan fingerprint density at radius 3 is 2.03 bits per heavy atom. The Kier molecular flexibility index (Phi) is 9.84. The number of nitrogens with zero attached hydrogens (tertiary/aromatic N) is 1. The highest BCUT2D eigenvalue weighted by molar-refractivity contribution is 5.79. The Balaban J connectivity index is 1.64. The van der Waals surface area contributed by atoms with Crippen molar-refractivity contribution in [3.05, 3.63) is 71.3 Å². The second-order valence-electron chi connectivity index (χ2n) is 8.08. The van der Waals surface area contributed by atoms with E-state index in [0.717, 1.165) is 11.1 Å². The van der Waals surface area contributed by atoms with Gasteiger partial charge in [0, 0.05) is 26.7 Å². The molecule has 0 saturated heterocycles. The van der Waals surface area contributed by atoms with Gasteiger partial charge < -0.3 is 25.4 Å². The van der Waals surface area contributed by atoms with Gasteiger partial charge in [-0.05, 0) is 37.5 Å². The summed E-state index contributed by atoms with van der Waals surface area (Å²) < 4.78 is 11.0. The van der Waals surface area contributed by atoms with E-state index in [9.17, 15) is 4.79 Å². The zero-order valence-electron chi connectivity index (χ0n) is 18.9. The number of alkyl carbamates (subject to hydrolysis) is 1. The Morgan fingerprint density at radius 1 is 0.839 bits per heavy atom. The van der Waals surface area contributed by atoms with E-state index in [-0.39, 0.29) is 0 Å². The van der Waals surface area contributed by atoms with Crippen LogP contribution in [0.15, 0.2) is 59.6 Å². The molecule has 0 saturated carbocycles. The minimum atomic E-state index is -0.501. The van der Waals surface area contributed by atoms with Gasteiger partial charge in [-0.3, -0.25) is 4.99 Å². The molecule has 0 aliphatic carbocycles. The van der Waals surface area contributed by atoms with Gasteiger partial charge in [-0.1, -0.05) is 54.6 Å². The molecule has 2 aromatic carbocycles. The lowest BCUT2D eigenvalue weighted by molar-refractivity contribution is 0.0529. The van der Waals surface area contributed by atoms with Crippen molar-refractivity contribution < 1.29 is 14.3 Å². The molecule has 0 spiro atoms. The maximum absolute atomic E-state index is 11.6. The van der Waals surface area contributed by atoms with Gasteiger partial charge in [0.05, 0.1) is 13.2 Å². The number of carbonyl (C=O) groups is 1. The number of hydrogen-bond acceptors (Lipinski definition) is 4. The van der Waals surface area contributed by atoms with Gasteiger partial charge in [0.15, 0.2) is 5.96 Å². The predicted molar refractivity (Wildman–Crippen MR) is 124 cm³/mol. The molecule has 0 heterocycles. The van der Waals surface area contributed by atoms with Crippen LogP contribution in [0, 0.1) is 0 Å². The summed E-state index contributed by atoms with van der Waals surface area (Å²) in [5, 5.41) is 9.13. The number of hydrogen-bond donors (Lipinski definition) is 3. The summed E-state index contributed by atoms with van der Waals surface area (Å²) in [5.41, 5.74) is 2.94. The van der Waals surface area contributed by atoms with Gasteiger partial charge in [0.2, 0.25) is 0 Å². The minimum Gasteiger partial charge on any atom is -0.444 e. The van der Waals surface area contributed by atoms with Crippen LogP contribution in [0.25, 0.3) is 0 Å². The lowest BCUT2D eigenvalue weighted by atomic mass is 10.1. The molecule has 0 radical (unpaired) electrons. The summed E-state index contributed by atoms with van der Waals surface area (Å²) >= 11 is 0. The van der Waals surface area contributed by atoms with Crippen molar-refractivity contribution in [2.45, 2.75) is 46.1 Å². The van der Waals surface area contributed by atoms with E-state index in [1.54, 1.807) is 7.05 Å². The molecule has 31 heavy (non-hydrogen) atoms. The molecule has 0 aliphatic rings. The molecule has 2 aromatic rings. The molecule has 2 rings (SSSR count). The van der Waals surface area contributed by atoms with E-state index in [4.69, 9.17) is 9.47 Å². The van der Waals surface area contributed by atoms with Crippen LogP contribution in [0.2, 0.25) is 0 Å². The SMILES string of the molecule is CN=C(NCCNC(=O)OC(C)(C)C)NCc1ccc(COCc2ccccc2)cc1. The second-order valence-corrected chi connectivity index (χ2v) is 8.08. The second kappa shape index (κ2) is 12.6. The van der Waals surface area contributed by atoms with Gasteiger partial charge in [-0.15, -0.1) is 0 Å². The summed E-state index contributed by atoms with van der Waals surface area (Å²) in [5.74, 6) is 0.668. The van der Waals surface area contributed by atoms with Crippen molar-refractivity contribution in [1.29, 1.82) is 0 Å². The number of carbonyl (C=O) groups excluding carboxylic acids is 1. The number of guanidine groups is 1. The Morgan fingerprint density at radius 2 is 1.42 bits per heavy atom. The fourth-order valence-electron chi connectivity index (χ4n) is 2.68. The van der Waals surface area contributed by atoms with E-state index in [1.807, 2.05) is 39.0 Å². The maximum Gasteiger partial charge on any atom is 0.407 e. The average Bonchev–Trinajstić information content (AvgIpc) is 2.74. The van der Waals surface area contributed by atoms with Crippen LogP contribution in [0.4, 0.5) is 4.79 Å². The van der Waals surface area contributed by atoms with E-state index in [1.165, 1.54) is 5.56 Å². The van der Waals surface area contributed by atoms with E-state index in [0.29, 0.717) is 38.8 Å². The summed E-state index contributed by atoms with van der Waals surface area (Å²) in [6, 6.07) is 18.4. The van der Waals surface area contributed by atoms with Crippen LogP contribution in [0.1, 0.15) is 37.5 Å². The molecule has 1 amide bonds. The highest BCUT2D eigenvalue weighted by atomic mass is 16.6. The van der Waals surface area contributed by atoms with Gasteiger partial charge >= 0.3 is 6.09 Å². The highest BCUT2D eigenvalue weighted by Crippen LogP contribution is 2.08. The normalized spacial score (nSPS) is 11.7. The molecule has 7 nitrogen and oxygen atoms in total. The first kappa shape index (κ1) is 24.2. The van der Waals surface area contributed by atoms with Crippen LogP contribution < -0.4 is 16.0 Å². The third kappa shape index (κ3) is 10.5. The van der Waals surface area contributed by atoms with E-state index in [2.05, 4.69) is 57.3 Å². The Labute approximate surface area is 185 Å². The monoisotopic (exact) mass is 426 g/mol. The minimum absolute atomic E-state index is 0.426. The van der Waals surface area contributed by atoms with Crippen molar-refractivity contribution in [3.8, 4) is 0 Å². The van der Waals surface area contributed by atoms with Gasteiger partial charge in [-0.2, -0.15) is 0 Å². The third-order valence-corrected chi connectivity index (χ3v) is 4.17. The van der Waals surface area contributed by atoms with Crippen LogP contribution >= 0.6 is 0 Å². The first-order valence-electron chi connectivity index (χ1n) is 10.5. The molecule has 0 atom stereocenters. The zero-order valence-corrected chi connectivity index (χ0v) is 18.9. The molecule has 0 aromatic heterocycles. The van der Waals surface area contributed by atoms with Crippen molar-refractivity contribution in [2.75, 3.05) is 20.1 Å². The van der Waals surface area contributed by atoms with Crippen molar-refractivity contribution in [1.82, 2.24) is 16.0 Å². The zero-order chi connectivity index (χ0) is 22.5. The predicted octanol–water partition coefficient (Wildman–Crippen LogP) is 3.59. The van der Waals surface area contributed by atoms with E-state index >= 15 is 0 Å². The lowest BCUT2D eigenvalue weighted by Crippen LogP contribution is -2.42. The molecule has 3 N–H and O–H groups in total. The maximum atomic E-state index is 11.6. The number of amides is 1. The van der Waals surface area contributed by atoms with Crippen LogP contribution in [0.3, 0.4) is 0 Å². The smallest absolute Gasteiger partial charge is 0.407 e. The first-order chi connectivity index (χ1) is 14.9. The molecule has 0 aliphatic heterocycles. The molecule has 7 heteroatoms. The number of ether oxygens (including phenoxy) is 2. The summed E-state index contributed by atoms with van der Waals surface area (Å²) in [7, 11) is 1.71. The van der Waals surface area contributed by atoms with Gasteiger partial charge in [0.25, 0.3) is 0 Å². The number of rotatable bonds is 9. The number of aliphatic imine (C=N–C) groups is 1. The van der Waals surface area contributed by atoms with Gasteiger partial charge in [0.1, 0.15) is 5.60 Å². The summed E-state index contributed by atoms with van der Waals surface area (Å²) in [4.78, 5) is 15.8. The standard InChI is InChI=1S/C24H34N4O3/c1-24(2,3)31-23(29)27-15-14-26-22(25-4)28-16-19-10-12-21(13-11-19)18-30-17-20-8-6-5-7-9-20/h5-13H,14-18H2,1-4H3,(H,27,29)(H2,25,26,28). The highest BCUT2D eigenvalue weighted by Gasteiger charge is 2.15. The van der Waals surface area contributed by atoms with E-state index < -0.39 is 11.7 Å². The molecule has 168 valence electrons. The molecule has 0 fully saturated rings. The van der Waals surface area contributed by atoms with Crippen LogP contribution in [-0.2, 0) is 29.2 Å². The van der Waals surface area contributed by atoms with Crippen molar-refractivity contribution >= 4 is 12.1 Å². The largest absolute Gasteiger partial charge is 0.444 e. The summed E-state index contributed by atoms with van der Waals surface area (Å²) in [6.45, 7) is 8.31.